The Morgan fingerprint density at radius 2 is 2.09 bits per heavy atom. The summed E-state index contributed by atoms with van der Waals surface area (Å²) in [6.45, 7) is 4.27. The molecule has 6 heteroatoms. The highest BCUT2D eigenvalue weighted by Crippen LogP contribution is 2.15. The average molecular weight is 324 g/mol. The topological polar surface area (TPSA) is 61.4 Å². The third kappa shape index (κ3) is 4.71. The van der Waals surface area contributed by atoms with Crippen molar-refractivity contribution >= 4 is 29.1 Å². The summed E-state index contributed by atoms with van der Waals surface area (Å²) < 4.78 is 0. The van der Waals surface area contributed by atoms with Crippen molar-refractivity contribution in [3.05, 3.63) is 29.3 Å². The number of halogens is 1. The molecule has 2 rings (SSSR count). The van der Waals surface area contributed by atoms with Crippen LogP contribution in [0.15, 0.2) is 24.3 Å². The molecule has 1 fully saturated rings. The minimum absolute atomic E-state index is 0.00474. The number of anilines is 1. The molecule has 1 unspecified atom stereocenters. The normalized spacial score (nSPS) is 17.3. The Morgan fingerprint density at radius 1 is 1.36 bits per heavy atom. The highest BCUT2D eigenvalue weighted by Gasteiger charge is 2.27. The van der Waals surface area contributed by atoms with Crippen LogP contribution in [0.1, 0.15) is 19.8 Å². The van der Waals surface area contributed by atoms with Crippen LogP contribution in [-0.2, 0) is 9.59 Å². The van der Waals surface area contributed by atoms with Gasteiger partial charge in [-0.05, 0) is 43.7 Å². The van der Waals surface area contributed by atoms with Crippen LogP contribution in [0.5, 0.6) is 0 Å². The Labute approximate surface area is 136 Å². The SMILES string of the molecule is CCCN(CC(=O)Nc1ccc(Cl)cc1)C(=O)C1CCNC1. The second-order valence-corrected chi connectivity index (χ2v) is 5.94. The first-order valence-corrected chi connectivity index (χ1v) is 8.03. The number of hydrogen-bond donors (Lipinski definition) is 2. The Morgan fingerprint density at radius 3 is 2.68 bits per heavy atom. The fourth-order valence-electron chi connectivity index (χ4n) is 2.57. The largest absolute Gasteiger partial charge is 0.333 e. The van der Waals surface area contributed by atoms with Gasteiger partial charge in [-0.1, -0.05) is 18.5 Å². The van der Waals surface area contributed by atoms with Crippen LogP contribution >= 0.6 is 11.6 Å². The molecule has 1 aromatic rings. The lowest BCUT2D eigenvalue weighted by Crippen LogP contribution is -2.42. The van der Waals surface area contributed by atoms with Crippen LogP contribution in [0, 0.1) is 5.92 Å². The van der Waals surface area contributed by atoms with E-state index in [1.165, 1.54) is 0 Å². The van der Waals surface area contributed by atoms with Gasteiger partial charge in [-0.2, -0.15) is 0 Å². The maximum Gasteiger partial charge on any atom is 0.243 e. The molecule has 2 amide bonds. The van der Waals surface area contributed by atoms with Crippen LogP contribution in [0.2, 0.25) is 5.02 Å². The van der Waals surface area contributed by atoms with Crippen LogP contribution < -0.4 is 10.6 Å². The molecular weight excluding hydrogens is 302 g/mol. The number of rotatable bonds is 6. The van der Waals surface area contributed by atoms with Crippen molar-refractivity contribution in [3.63, 3.8) is 0 Å². The van der Waals surface area contributed by atoms with Crippen molar-refractivity contribution < 1.29 is 9.59 Å². The van der Waals surface area contributed by atoms with Gasteiger partial charge in [-0.25, -0.2) is 0 Å². The number of amides is 2. The molecule has 0 bridgehead atoms. The van der Waals surface area contributed by atoms with E-state index in [1.54, 1.807) is 29.2 Å². The molecule has 1 saturated heterocycles. The molecule has 2 N–H and O–H groups in total. The number of carbonyl (C=O) groups excluding carboxylic acids is 2. The summed E-state index contributed by atoms with van der Waals surface area (Å²) in [4.78, 5) is 26.3. The fourth-order valence-corrected chi connectivity index (χ4v) is 2.69. The maximum absolute atomic E-state index is 12.5. The van der Waals surface area contributed by atoms with E-state index in [0.717, 1.165) is 19.4 Å². The highest BCUT2D eigenvalue weighted by atomic mass is 35.5. The van der Waals surface area contributed by atoms with Gasteiger partial charge >= 0.3 is 0 Å². The standard InChI is InChI=1S/C16H22ClN3O2/c1-2-9-20(16(22)12-7-8-18-10-12)11-15(21)19-14-5-3-13(17)4-6-14/h3-6,12,18H,2,7-11H2,1H3,(H,19,21). The van der Waals surface area contributed by atoms with E-state index < -0.39 is 0 Å². The summed E-state index contributed by atoms with van der Waals surface area (Å²) in [6, 6.07) is 6.92. The lowest BCUT2D eigenvalue weighted by atomic mass is 10.1. The van der Waals surface area contributed by atoms with E-state index in [1.807, 2.05) is 6.92 Å². The molecule has 120 valence electrons. The van der Waals surface area contributed by atoms with E-state index in [0.29, 0.717) is 23.8 Å². The Balaban J connectivity index is 1.92. The van der Waals surface area contributed by atoms with Crippen LogP contribution in [0.4, 0.5) is 5.69 Å². The monoisotopic (exact) mass is 323 g/mol. The number of nitrogens with one attached hydrogen (secondary N) is 2. The maximum atomic E-state index is 12.5. The Bertz CT molecular complexity index is 513. The predicted molar refractivity (Wildman–Crippen MR) is 87.9 cm³/mol. The molecule has 0 radical (unpaired) electrons. The van der Waals surface area contributed by atoms with Crippen molar-refractivity contribution in [2.24, 2.45) is 5.92 Å². The van der Waals surface area contributed by atoms with Crippen LogP contribution in [0.25, 0.3) is 0 Å². The zero-order valence-corrected chi connectivity index (χ0v) is 13.5. The quantitative estimate of drug-likeness (QED) is 0.843. The zero-order valence-electron chi connectivity index (χ0n) is 12.8. The lowest BCUT2D eigenvalue weighted by molar-refractivity contribution is -0.137. The van der Waals surface area contributed by atoms with Gasteiger partial charge in [0, 0.05) is 23.8 Å². The van der Waals surface area contributed by atoms with Gasteiger partial charge < -0.3 is 15.5 Å². The predicted octanol–water partition coefficient (Wildman–Crippen LogP) is 2.13. The first-order chi connectivity index (χ1) is 10.6. The molecule has 0 spiro atoms. The third-order valence-corrected chi connectivity index (χ3v) is 3.93. The zero-order chi connectivity index (χ0) is 15.9. The van der Waals surface area contributed by atoms with E-state index >= 15 is 0 Å². The minimum Gasteiger partial charge on any atom is -0.333 e. The van der Waals surface area contributed by atoms with Crippen LogP contribution in [-0.4, -0.2) is 42.9 Å². The average Bonchev–Trinajstić information content (AvgIpc) is 3.03. The van der Waals surface area contributed by atoms with Gasteiger partial charge in [-0.15, -0.1) is 0 Å². The fraction of sp³-hybridized carbons (Fsp3) is 0.500. The third-order valence-electron chi connectivity index (χ3n) is 3.68. The summed E-state index contributed by atoms with van der Waals surface area (Å²) in [7, 11) is 0. The molecular formula is C16H22ClN3O2. The van der Waals surface area contributed by atoms with Crippen LogP contribution in [0.3, 0.4) is 0 Å². The molecule has 1 aliphatic rings. The van der Waals surface area contributed by atoms with Gasteiger partial charge in [0.05, 0.1) is 12.5 Å². The van der Waals surface area contributed by atoms with E-state index in [4.69, 9.17) is 11.6 Å². The van der Waals surface area contributed by atoms with Gasteiger partial charge in [0.15, 0.2) is 0 Å². The van der Waals surface area contributed by atoms with E-state index in [9.17, 15) is 9.59 Å². The van der Waals surface area contributed by atoms with Crippen molar-refractivity contribution in [2.45, 2.75) is 19.8 Å². The summed E-state index contributed by atoms with van der Waals surface area (Å²) in [5, 5.41) is 6.60. The van der Waals surface area contributed by atoms with Crippen molar-refractivity contribution in [1.82, 2.24) is 10.2 Å². The number of benzene rings is 1. The van der Waals surface area contributed by atoms with E-state index in [-0.39, 0.29) is 24.3 Å². The summed E-state index contributed by atoms with van der Waals surface area (Å²) in [5.74, 6) is -0.122. The van der Waals surface area contributed by atoms with Gasteiger partial charge in [0.1, 0.15) is 0 Å². The smallest absolute Gasteiger partial charge is 0.243 e. The number of carbonyl (C=O) groups is 2. The molecule has 1 heterocycles. The second-order valence-electron chi connectivity index (χ2n) is 5.50. The van der Waals surface area contributed by atoms with Crippen molar-refractivity contribution in [3.8, 4) is 0 Å². The Hall–Kier alpha value is -1.59. The second kappa shape index (κ2) is 8.15. The van der Waals surface area contributed by atoms with Gasteiger partial charge in [-0.3, -0.25) is 9.59 Å². The highest BCUT2D eigenvalue weighted by molar-refractivity contribution is 6.30. The Kier molecular flexibility index (Phi) is 6.21. The summed E-state index contributed by atoms with van der Waals surface area (Å²) in [5.41, 5.74) is 0.681. The van der Waals surface area contributed by atoms with Crippen molar-refractivity contribution in [1.29, 1.82) is 0 Å². The molecule has 22 heavy (non-hydrogen) atoms. The van der Waals surface area contributed by atoms with Crippen molar-refractivity contribution in [2.75, 3.05) is 31.5 Å². The molecule has 5 nitrogen and oxygen atoms in total. The van der Waals surface area contributed by atoms with E-state index in [2.05, 4.69) is 10.6 Å². The minimum atomic E-state index is -0.185. The van der Waals surface area contributed by atoms with Gasteiger partial charge in [0.2, 0.25) is 11.8 Å². The lowest BCUT2D eigenvalue weighted by Gasteiger charge is -2.24. The molecule has 1 atom stereocenters. The summed E-state index contributed by atoms with van der Waals surface area (Å²) >= 11 is 5.82. The number of nitrogens with zero attached hydrogens (tertiary/aromatic N) is 1. The first-order valence-electron chi connectivity index (χ1n) is 7.65. The molecule has 1 aliphatic heterocycles. The number of hydrogen-bond acceptors (Lipinski definition) is 3. The first kappa shape index (κ1) is 16.8. The summed E-state index contributed by atoms with van der Waals surface area (Å²) in [6.07, 6.45) is 1.68. The molecule has 1 aromatic carbocycles. The molecule has 0 aromatic heterocycles. The molecule has 0 saturated carbocycles. The van der Waals surface area contributed by atoms with Gasteiger partial charge in [0.25, 0.3) is 0 Å². The molecule has 0 aliphatic carbocycles.